The maximum absolute atomic E-state index is 13.0. The molecule has 0 spiro atoms. The van der Waals surface area contributed by atoms with Crippen LogP contribution in [0, 0.1) is 5.82 Å². The van der Waals surface area contributed by atoms with Crippen LogP contribution < -0.4 is 5.32 Å². The van der Waals surface area contributed by atoms with E-state index < -0.39 is 0 Å². The Morgan fingerprint density at radius 1 is 1.15 bits per heavy atom. The second-order valence-corrected chi connectivity index (χ2v) is 6.85. The molecule has 2 aromatic carbocycles. The van der Waals surface area contributed by atoms with Gasteiger partial charge in [0.15, 0.2) is 5.11 Å². The van der Waals surface area contributed by atoms with E-state index in [-0.39, 0.29) is 5.82 Å². The molecule has 26 heavy (non-hydrogen) atoms. The van der Waals surface area contributed by atoms with Gasteiger partial charge in [-0.25, -0.2) is 4.39 Å². The van der Waals surface area contributed by atoms with Gasteiger partial charge in [-0.1, -0.05) is 36.4 Å². The summed E-state index contributed by atoms with van der Waals surface area (Å²) in [6.07, 6.45) is 5.31. The minimum atomic E-state index is -0.220. The first-order valence-corrected chi connectivity index (χ1v) is 9.14. The fourth-order valence-corrected chi connectivity index (χ4v) is 3.57. The maximum Gasteiger partial charge on any atom is 0.169 e. The van der Waals surface area contributed by atoms with E-state index in [1.165, 1.54) is 34.2 Å². The molecule has 0 fully saturated rings. The Labute approximate surface area is 157 Å². The van der Waals surface area contributed by atoms with Gasteiger partial charge in [0, 0.05) is 42.3 Å². The van der Waals surface area contributed by atoms with Gasteiger partial charge in [0.1, 0.15) is 5.82 Å². The quantitative estimate of drug-likeness (QED) is 0.672. The lowest BCUT2D eigenvalue weighted by Gasteiger charge is -2.29. The summed E-state index contributed by atoms with van der Waals surface area (Å²) < 4.78 is 13.0. The first-order chi connectivity index (χ1) is 12.7. The number of nitrogens with one attached hydrogen (secondary N) is 2. The van der Waals surface area contributed by atoms with Crippen molar-refractivity contribution in [3.05, 3.63) is 77.7 Å². The molecule has 0 saturated heterocycles. The molecule has 0 saturated carbocycles. The molecular formula is C21H20FN3S. The fraction of sp³-hybridized carbons (Fsp3) is 0.190. The standard InChI is InChI=1S/C21H20FN3S/c22-17-7-5-15(6-8-17)13-24-21(26)25-11-9-16(10-12-25)19-14-23-20-4-2-1-3-18(19)20/h1-9,14,23H,10-13H2,(H,24,26). The Morgan fingerprint density at radius 2 is 1.96 bits per heavy atom. The van der Waals surface area contributed by atoms with E-state index in [1.54, 1.807) is 12.1 Å². The number of H-pyrrole nitrogens is 1. The molecule has 0 aliphatic carbocycles. The van der Waals surface area contributed by atoms with Crippen LogP contribution in [-0.2, 0) is 6.54 Å². The first-order valence-electron chi connectivity index (χ1n) is 8.73. The summed E-state index contributed by atoms with van der Waals surface area (Å²) in [5, 5.41) is 5.27. The van der Waals surface area contributed by atoms with Gasteiger partial charge in [-0.15, -0.1) is 0 Å². The Balaban J connectivity index is 1.39. The van der Waals surface area contributed by atoms with Crippen molar-refractivity contribution < 1.29 is 4.39 Å². The highest BCUT2D eigenvalue weighted by Gasteiger charge is 2.17. The third-order valence-corrected chi connectivity index (χ3v) is 5.19. The second-order valence-electron chi connectivity index (χ2n) is 6.46. The topological polar surface area (TPSA) is 31.1 Å². The van der Waals surface area contributed by atoms with Crippen LogP contribution in [0.2, 0.25) is 0 Å². The van der Waals surface area contributed by atoms with Crippen LogP contribution >= 0.6 is 12.2 Å². The number of rotatable bonds is 3. The molecule has 1 aliphatic rings. The van der Waals surface area contributed by atoms with Gasteiger partial charge in [0.05, 0.1) is 0 Å². The largest absolute Gasteiger partial charge is 0.361 e. The van der Waals surface area contributed by atoms with Crippen LogP contribution in [0.5, 0.6) is 0 Å². The maximum atomic E-state index is 13.0. The first kappa shape index (κ1) is 16.8. The SMILES string of the molecule is Fc1ccc(CNC(=S)N2CC=C(c3c[nH]c4ccccc34)CC2)cc1. The predicted molar refractivity (Wildman–Crippen MR) is 108 cm³/mol. The molecule has 0 atom stereocenters. The van der Waals surface area contributed by atoms with Crippen molar-refractivity contribution in [2.45, 2.75) is 13.0 Å². The number of aromatic amines is 1. The summed E-state index contributed by atoms with van der Waals surface area (Å²) >= 11 is 5.52. The third-order valence-electron chi connectivity index (χ3n) is 4.79. The average molecular weight is 365 g/mol. The number of nitrogens with zero attached hydrogens (tertiary/aromatic N) is 1. The van der Waals surface area contributed by atoms with Gasteiger partial charge in [-0.2, -0.15) is 0 Å². The average Bonchev–Trinajstić information content (AvgIpc) is 3.11. The number of thiocarbonyl (C=S) groups is 1. The normalized spacial score (nSPS) is 14.3. The highest BCUT2D eigenvalue weighted by atomic mass is 32.1. The Kier molecular flexibility index (Phi) is 4.71. The predicted octanol–water partition coefficient (Wildman–Crippen LogP) is 4.47. The second kappa shape index (κ2) is 7.30. The molecule has 2 N–H and O–H groups in total. The Hall–Kier alpha value is -2.66. The van der Waals surface area contributed by atoms with Crippen molar-refractivity contribution in [2.24, 2.45) is 0 Å². The minimum absolute atomic E-state index is 0.220. The molecule has 1 aliphatic heterocycles. The molecule has 1 aromatic heterocycles. The molecule has 2 heterocycles. The molecular weight excluding hydrogens is 345 g/mol. The van der Waals surface area contributed by atoms with E-state index in [4.69, 9.17) is 12.2 Å². The monoisotopic (exact) mass is 365 g/mol. The zero-order valence-corrected chi connectivity index (χ0v) is 15.2. The molecule has 0 radical (unpaired) electrons. The van der Waals surface area contributed by atoms with E-state index in [0.717, 1.165) is 30.2 Å². The van der Waals surface area contributed by atoms with Crippen LogP contribution in [0.15, 0.2) is 60.8 Å². The summed E-state index contributed by atoms with van der Waals surface area (Å²) in [6, 6.07) is 14.9. The van der Waals surface area contributed by atoms with Gasteiger partial charge < -0.3 is 15.2 Å². The zero-order chi connectivity index (χ0) is 17.9. The van der Waals surface area contributed by atoms with Gasteiger partial charge in [-0.3, -0.25) is 0 Å². The van der Waals surface area contributed by atoms with Crippen molar-refractivity contribution in [2.75, 3.05) is 13.1 Å². The van der Waals surface area contributed by atoms with Crippen molar-refractivity contribution >= 4 is 33.8 Å². The van der Waals surface area contributed by atoms with Gasteiger partial charge >= 0.3 is 0 Å². The Bertz CT molecular complexity index is 959. The molecule has 3 aromatic rings. The number of fused-ring (bicyclic) bond motifs is 1. The van der Waals surface area contributed by atoms with E-state index in [2.05, 4.69) is 45.7 Å². The van der Waals surface area contributed by atoms with Crippen molar-refractivity contribution in [3.8, 4) is 0 Å². The summed E-state index contributed by atoms with van der Waals surface area (Å²) in [7, 11) is 0. The zero-order valence-electron chi connectivity index (χ0n) is 14.3. The van der Waals surface area contributed by atoms with E-state index in [0.29, 0.717) is 6.54 Å². The summed E-state index contributed by atoms with van der Waals surface area (Å²) in [5.74, 6) is -0.220. The van der Waals surface area contributed by atoms with Crippen LogP contribution in [0.25, 0.3) is 16.5 Å². The van der Waals surface area contributed by atoms with Gasteiger partial charge in [0.2, 0.25) is 0 Å². The van der Waals surface area contributed by atoms with E-state index >= 15 is 0 Å². The number of hydrogen-bond donors (Lipinski definition) is 2. The molecule has 0 bridgehead atoms. The number of aromatic nitrogens is 1. The lowest BCUT2D eigenvalue weighted by molar-refractivity contribution is 0.450. The molecule has 3 nitrogen and oxygen atoms in total. The van der Waals surface area contributed by atoms with Crippen molar-refractivity contribution in [1.29, 1.82) is 0 Å². The molecule has 0 amide bonds. The van der Waals surface area contributed by atoms with E-state index in [9.17, 15) is 4.39 Å². The molecule has 4 rings (SSSR count). The number of halogens is 1. The Morgan fingerprint density at radius 3 is 2.73 bits per heavy atom. The molecule has 5 heteroatoms. The van der Waals surface area contributed by atoms with Crippen LogP contribution in [0.4, 0.5) is 4.39 Å². The van der Waals surface area contributed by atoms with Crippen LogP contribution in [0.1, 0.15) is 17.5 Å². The highest BCUT2D eigenvalue weighted by Crippen LogP contribution is 2.29. The molecule has 0 unspecified atom stereocenters. The number of benzene rings is 2. The highest BCUT2D eigenvalue weighted by molar-refractivity contribution is 7.80. The molecule has 132 valence electrons. The summed E-state index contributed by atoms with van der Waals surface area (Å²) in [4.78, 5) is 5.51. The van der Waals surface area contributed by atoms with Crippen LogP contribution in [0.3, 0.4) is 0 Å². The number of para-hydroxylation sites is 1. The van der Waals surface area contributed by atoms with E-state index in [1.807, 2.05) is 6.07 Å². The summed E-state index contributed by atoms with van der Waals surface area (Å²) in [6.45, 7) is 2.29. The van der Waals surface area contributed by atoms with Gasteiger partial charge in [-0.05, 0) is 48.0 Å². The minimum Gasteiger partial charge on any atom is -0.361 e. The van der Waals surface area contributed by atoms with Gasteiger partial charge in [0.25, 0.3) is 0 Å². The summed E-state index contributed by atoms with van der Waals surface area (Å²) in [5.41, 5.74) is 4.83. The van der Waals surface area contributed by atoms with Crippen molar-refractivity contribution in [1.82, 2.24) is 15.2 Å². The lowest BCUT2D eigenvalue weighted by Crippen LogP contribution is -2.41. The van der Waals surface area contributed by atoms with Crippen molar-refractivity contribution in [3.63, 3.8) is 0 Å². The fourth-order valence-electron chi connectivity index (χ4n) is 3.33. The number of hydrogen-bond acceptors (Lipinski definition) is 1. The smallest absolute Gasteiger partial charge is 0.169 e. The third kappa shape index (κ3) is 3.48. The lowest BCUT2D eigenvalue weighted by atomic mass is 9.99. The van der Waals surface area contributed by atoms with Crippen LogP contribution in [-0.4, -0.2) is 28.1 Å².